The van der Waals surface area contributed by atoms with E-state index in [2.05, 4.69) is 4.98 Å². The van der Waals surface area contributed by atoms with E-state index in [1.54, 1.807) is 38.7 Å². The number of ether oxygens (including phenoxy) is 3. The number of fused-ring (bicyclic) bond motifs is 3. The summed E-state index contributed by atoms with van der Waals surface area (Å²) < 4.78 is 16.1. The maximum absolute atomic E-state index is 12.8. The Labute approximate surface area is 173 Å². The Balaban J connectivity index is 1.71. The minimum absolute atomic E-state index is 0.0565. The molecule has 0 fully saturated rings. The second kappa shape index (κ2) is 8.29. The van der Waals surface area contributed by atoms with Gasteiger partial charge in [-0.2, -0.15) is 0 Å². The highest BCUT2D eigenvalue weighted by molar-refractivity contribution is 7.18. The predicted molar refractivity (Wildman–Crippen MR) is 117 cm³/mol. The van der Waals surface area contributed by atoms with Crippen molar-refractivity contribution in [3.63, 3.8) is 0 Å². The summed E-state index contributed by atoms with van der Waals surface area (Å²) in [6, 6.07) is 3.70. The van der Waals surface area contributed by atoms with E-state index < -0.39 is 0 Å². The van der Waals surface area contributed by atoms with Crippen molar-refractivity contribution < 1.29 is 14.2 Å². The number of nitrogens with one attached hydrogen (secondary N) is 1. The normalized spacial score (nSPS) is 14.0. The molecule has 1 aliphatic rings. The van der Waals surface area contributed by atoms with Crippen LogP contribution in [0, 0.1) is 0 Å². The molecule has 1 aromatic carbocycles. The van der Waals surface area contributed by atoms with Crippen molar-refractivity contribution in [1.29, 1.82) is 0 Å². The van der Waals surface area contributed by atoms with Gasteiger partial charge in [0.05, 0.1) is 26.7 Å². The number of aromatic nitrogens is 2. The minimum Gasteiger partial charge on any atom is -0.493 e. The van der Waals surface area contributed by atoms with Crippen LogP contribution in [0.25, 0.3) is 22.4 Å². The molecule has 3 aromatic rings. The number of aryl methyl sites for hydroxylation is 2. The zero-order valence-corrected chi connectivity index (χ0v) is 17.6. The van der Waals surface area contributed by atoms with Crippen LogP contribution in [0.1, 0.15) is 41.1 Å². The average molecular weight is 413 g/mol. The second-order valence-electron chi connectivity index (χ2n) is 6.99. The molecule has 0 unspecified atom stereocenters. The van der Waals surface area contributed by atoms with E-state index in [0.717, 1.165) is 35.0 Å². The molecule has 0 saturated heterocycles. The SMILES string of the molecule is COc1cc(/C=C/c2nc3sc4c(c3c(=O)[nH]2)CCCCC4)cc(OC)c1OC. The molecule has 152 valence electrons. The lowest BCUT2D eigenvalue weighted by molar-refractivity contribution is 0.324. The van der Waals surface area contributed by atoms with Gasteiger partial charge in [0.15, 0.2) is 11.5 Å². The molecule has 1 N–H and O–H groups in total. The van der Waals surface area contributed by atoms with E-state index in [1.165, 1.54) is 23.3 Å². The van der Waals surface area contributed by atoms with Gasteiger partial charge in [0, 0.05) is 4.88 Å². The highest BCUT2D eigenvalue weighted by atomic mass is 32.1. The molecule has 0 aliphatic heterocycles. The molecule has 4 rings (SSSR count). The molecule has 0 amide bonds. The average Bonchev–Trinajstić information content (AvgIpc) is 2.93. The molecule has 0 radical (unpaired) electrons. The summed E-state index contributed by atoms with van der Waals surface area (Å²) >= 11 is 1.66. The second-order valence-corrected chi connectivity index (χ2v) is 8.07. The van der Waals surface area contributed by atoms with Crippen molar-refractivity contribution in [2.24, 2.45) is 0 Å². The Morgan fingerprint density at radius 1 is 1.00 bits per heavy atom. The number of methoxy groups -OCH3 is 3. The van der Waals surface area contributed by atoms with Crippen molar-refractivity contribution in [2.45, 2.75) is 32.1 Å². The monoisotopic (exact) mass is 412 g/mol. The lowest BCUT2D eigenvalue weighted by atomic mass is 10.1. The molecule has 2 heterocycles. The largest absolute Gasteiger partial charge is 0.493 e. The van der Waals surface area contributed by atoms with Gasteiger partial charge in [0.25, 0.3) is 5.56 Å². The topological polar surface area (TPSA) is 73.4 Å². The van der Waals surface area contributed by atoms with Crippen LogP contribution in [0.4, 0.5) is 0 Å². The number of nitrogens with zero attached hydrogens (tertiary/aromatic N) is 1. The van der Waals surface area contributed by atoms with Gasteiger partial charge in [-0.3, -0.25) is 4.79 Å². The van der Waals surface area contributed by atoms with Crippen LogP contribution in [-0.2, 0) is 12.8 Å². The van der Waals surface area contributed by atoms with Crippen LogP contribution < -0.4 is 19.8 Å². The standard InChI is InChI=1S/C22H24N2O4S/c1-26-15-11-13(12-16(27-2)20(15)28-3)9-10-18-23-21(25)19-14-7-5-4-6-8-17(14)29-22(19)24-18/h9-12H,4-8H2,1-3H3,(H,23,24,25)/b10-9+. The van der Waals surface area contributed by atoms with Gasteiger partial charge in [0.1, 0.15) is 10.7 Å². The third-order valence-electron chi connectivity index (χ3n) is 5.21. The molecule has 7 heteroatoms. The van der Waals surface area contributed by atoms with Crippen molar-refractivity contribution >= 4 is 33.7 Å². The lowest BCUT2D eigenvalue weighted by Gasteiger charge is -2.12. The smallest absolute Gasteiger partial charge is 0.260 e. The summed E-state index contributed by atoms with van der Waals surface area (Å²) in [5.41, 5.74) is 2.00. The van der Waals surface area contributed by atoms with Gasteiger partial charge in [-0.15, -0.1) is 11.3 Å². The Morgan fingerprint density at radius 2 is 1.72 bits per heavy atom. The Bertz CT molecular complexity index is 1100. The Hall–Kier alpha value is -2.80. The van der Waals surface area contributed by atoms with Crippen LogP contribution in [0.2, 0.25) is 0 Å². The number of hydrogen-bond acceptors (Lipinski definition) is 6. The third kappa shape index (κ3) is 3.74. The molecule has 0 saturated carbocycles. The van der Waals surface area contributed by atoms with Gasteiger partial charge in [-0.1, -0.05) is 12.5 Å². The van der Waals surface area contributed by atoms with Crippen molar-refractivity contribution in [2.75, 3.05) is 21.3 Å². The summed E-state index contributed by atoms with van der Waals surface area (Å²) in [5.74, 6) is 2.23. The van der Waals surface area contributed by atoms with Gasteiger partial charge < -0.3 is 19.2 Å². The highest BCUT2D eigenvalue weighted by Crippen LogP contribution is 2.38. The van der Waals surface area contributed by atoms with E-state index in [1.807, 2.05) is 18.2 Å². The van der Waals surface area contributed by atoms with E-state index in [0.29, 0.717) is 23.1 Å². The molecule has 6 nitrogen and oxygen atoms in total. The molecular formula is C22H24N2O4S. The van der Waals surface area contributed by atoms with Crippen molar-refractivity contribution in [3.8, 4) is 17.2 Å². The molecule has 29 heavy (non-hydrogen) atoms. The van der Waals surface area contributed by atoms with Gasteiger partial charge in [0.2, 0.25) is 5.75 Å². The summed E-state index contributed by atoms with van der Waals surface area (Å²) in [6.45, 7) is 0. The Kier molecular flexibility index (Phi) is 5.58. The summed E-state index contributed by atoms with van der Waals surface area (Å²) in [5, 5.41) is 0.775. The van der Waals surface area contributed by atoms with Crippen molar-refractivity contribution in [1.82, 2.24) is 9.97 Å². The molecule has 0 bridgehead atoms. The first-order valence-corrected chi connectivity index (χ1v) is 10.5. The Morgan fingerprint density at radius 3 is 2.41 bits per heavy atom. The number of H-pyrrole nitrogens is 1. The fourth-order valence-corrected chi connectivity index (χ4v) is 5.08. The maximum Gasteiger partial charge on any atom is 0.260 e. The lowest BCUT2D eigenvalue weighted by Crippen LogP contribution is -2.10. The first kappa shape index (κ1) is 19.5. The van der Waals surface area contributed by atoms with E-state index in [9.17, 15) is 4.79 Å². The quantitative estimate of drug-likeness (QED) is 0.627. The number of rotatable bonds is 5. The number of hydrogen-bond donors (Lipinski definition) is 1. The fourth-order valence-electron chi connectivity index (χ4n) is 3.81. The number of thiophene rings is 1. The molecule has 1 aliphatic carbocycles. The van der Waals surface area contributed by atoms with E-state index in [4.69, 9.17) is 19.2 Å². The van der Waals surface area contributed by atoms with Crippen LogP contribution >= 0.6 is 11.3 Å². The first-order chi connectivity index (χ1) is 14.1. The number of benzene rings is 1. The minimum atomic E-state index is -0.0565. The highest BCUT2D eigenvalue weighted by Gasteiger charge is 2.18. The van der Waals surface area contributed by atoms with Crippen molar-refractivity contribution in [3.05, 3.63) is 44.3 Å². The van der Waals surface area contributed by atoms with E-state index >= 15 is 0 Å². The number of aromatic amines is 1. The van der Waals surface area contributed by atoms with Gasteiger partial charge >= 0.3 is 0 Å². The van der Waals surface area contributed by atoms with Gasteiger partial charge in [-0.05, 0) is 55.0 Å². The summed E-state index contributed by atoms with van der Waals surface area (Å²) in [7, 11) is 4.74. The first-order valence-electron chi connectivity index (χ1n) is 9.67. The zero-order chi connectivity index (χ0) is 20.4. The molecule has 2 aromatic heterocycles. The molecular weight excluding hydrogens is 388 g/mol. The summed E-state index contributed by atoms with van der Waals surface area (Å²) in [6.07, 6.45) is 9.24. The predicted octanol–water partition coefficient (Wildman–Crippen LogP) is 4.45. The van der Waals surface area contributed by atoms with Gasteiger partial charge in [-0.25, -0.2) is 4.98 Å². The van der Waals surface area contributed by atoms with Crippen LogP contribution in [0.15, 0.2) is 16.9 Å². The summed E-state index contributed by atoms with van der Waals surface area (Å²) in [4.78, 5) is 22.5. The molecule has 0 spiro atoms. The third-order valence-corrected chi connectivity index (χ3v) is 6.40. The fraction of sp³-hybridized carbons (Fsp3) is 0.364. The zero-order valence-electron chi connectivity index (χ0n) is 16.8. The molecule has 0 atom stereocenters. The van der Waals surface area contributed by atoms with Crippen LogP contribution in [-0.4, -0.2) is 31.3 Å². The van der Waals surface area contributed by atoms with Crippen LogP contribution in [0.3, 0.4) is 0 Å². The maximum atomic E-state index is 12.8. The van der Waals surface area contributed by atoms with E-state index in [-0.39, 0.29) is 5.56 Å². The van der Waals surface area contributed by atoms with Crippen LogP contribution in [0.5, 0.6) is 17.2 Å².